The van der Waals surface area contributed by atoms with Crippen molar-refractivity contribution in [2.45, 2.75) is 13.8 Å². The molecular formula is C11H12ClNO2. The van der Waals surface area contributed by atoms with E-state index in [4.69, 9.17) is 11.6 Å². The molecule has 1 rings (SSSR count). The zero-order chi connectivity index (χ0) is 11.4. The zero-order valence-electron chi connectivity index (χ0n) is 8.58. The fourth-order valence-corrected chi connectivity index (χ4v) is 1.17. The Labute approximate surface area is 93.4 Å². The monoisotopic (exact) mass is 225 g/mol. The Hall–Kier alpha value is -1.35. The third-order valence-electron chi connectivity index (χ3n) is 2.13. The number of benzene rings is 1. The lowest BCUT2D eigenvalue weighted by molar-refractivity contribution is -0.129. The molecule has 80 valence electrons. The first-order valence-corrected chi connectivity index (χ1v) is 4.96. The van der Waals surface area contributed by atoms with Gasteiger partial charge in [0, 0.05) is 0 Å². The molecular weight excluding hydrogens is 214 g/mol. The van der Waals surface area contributed by atoms with Crippen LogP contribution >= 0.6 is 11.6 Å². The summed E-state index contributed by atoms with van der Waals surface area (Å²) >= 11 is 5.85. The minimum Gasteiger partial charge on any atom is -0.324 e. The summed E-state index contributed by atoms with van der Waals surface area (Å²) in [5.74, 6) is -1.16. The van der Waals surface area contributed by atoms with Gasteiger partial charge in [0.2, 0.25) is 5.91 Å². The minimum atomic E-state index is -0.652. The van der Waals surface area contributed by atoms with Crippen LogP contribution < -0.4 is 5.32 Å². The number of carbonyl (C=O) groups is 2. The molecule has 1 N–H and O–H groups in total. The number of amides is 1. The standard InChI is InChI=1S/C11H12ClNO2/c1-7(8(2)14)11(15)13-10-6-4-3-5-9(10)12/h3-7H,1-2H3,(H,13,15). The molecule has 15 heavy (non-hydrogen) atoms. The van der Waals surface area contributed by atoms with Gasteiger partial charge in [-0.1, -0.05) is 23.7 Å². The van der Waals surface area contributed by atoms with Gasteiger partial charge in [-0.25, -0.2) is 0 Å². The number of para-hydroxylation sites is 1. The average molecular weight is 226 g/mol. The van der Waals surface area contributed by atoms with E-state index in [1.807, 2.05) is 0 Å². The number of hydrogen-bond acceptors (Lipinski definition) is 2. The number of anilines is 1. The van der Waals surface area contributed by atoms with E-state index in [0.717, 1.165) is 0 Å². The first-order chi connectivity index (χ1) is 7.02. The molecule has 0 fully saturated rings. The van der Waals surface area contributed by atoms with Crippen molar-refractivity contribution in [2.24, 2.45) is 5.92 Å². The van der Waals surface area contributed by atoms with Crippen molar-refractivity contribution in [1.82, 2.24) is 0 Å². The third-order valence-corrected chi connectivity index (χ3v) is 2.46. The Kier molecular flexibility index (Phi) is 3.86. The van der Waals surface area contributed by atoms with Crippen molar-refractivity contribution in [3.63, 3.8) is 0 Å². The lowest BCUT2D eigenvalue weighted by atomic mass is 10.1. The summed E-state index contributed by atoms with van der Waals surface area (Å²) in [5.41, 5.74) is 0.525. The van der Waals surface area contributed by atoms with Gasteiger partial charge in [-0.15, -0.1) is 0 Å². The first kappa shape index (κ1) is 11.7. The molecule has 0 aromatic heterocycles. The second kappa shape index (κ2) is 4.94. The maximum absolute atomic E-state index is 11.5. The van der Waals surface area contributed by atoms with E-state index in [1.54, 1.807) is 31.2 Å². The van der Waals surface area contributed by atoms with E-state index < -0.39 is 5.92 Å². The topological polar surface area (TPSA) is 46.2 Å². The van der Waals surface area contributed by atoms with Gasteiger partial charge in [0.25, 0.3) is 0 Å². The summed E-state index contributed by atoms with van der Waals surface area (Å²) in [6.45, 7) is 2.95. The van der Waals surface area contributed by atoms with Crippen LogP contribution in [0.2, 0.25) is 5.02 Å². The van der Waals surface area contributed by atoms with Gasteiger partial charge in [-0.05, 0) is 26.0 Å². The Morgan fingerprint density at radius 1 is 1.33 bits per heavy atom. The Morgan fingerprint density at radius 3 is 2.47 bits per heavy atom. The van der Waals surface area contributed by atoms with Crippen LogP contribution in [0.1, 0.15) is 13.8 Å². The summed E-state index contributed by atoms with van der Waals surface area (Å²) in [4.78, 5) is 22.5. The van der Waals surface area contributed by atoms with Gasteiger partial charge in [0.1, 0.15) is 5.78 Å². The number of hydrogen-bond donors (Lipinski definition) is 1. The number of halogens is 1. The predicted octanol–water partition coefficient (Wildman–Crippen LogP) is 2.50. The van der Waals surface area contributed by atoms with Crippen LogP contribution in [0.3, 0.4) is 0 Å². The molecule has 0 aliphatic carbocycles. The van der Waals surface area contributed by atoms with Crippen LogP contribution in [0.4, 0.5) is 5.69 Å². The number of ketones is 1. The van der Waals surface area contributed by atoms with Crippen LogP contribution in [0, 0.1) is 5.92 Å². The number of rotatable bonds is 3. The molecule has 3 nitrogen and oxygen atoms in total. The predicted molar refractivity (Wildman–Crippen MR) is 59.9 cm³/mol. The molecule has 1 aromatic carbocycles. The molecule has 0 heterocycles. The SMILES string of the molecule is CC(=O)C(C)C(=O)Nc1ccccc1Cl. The normalized spacial score (nSPS) is 11.9. The summed E-state index contributed by atoms with van der Waals surface area (Å²) in [7, 11) is 0. The summed E-state index contributed by atoms with van der Waals surface area (Å²) in [6.07, 6.45) is 0. The molecule has 0 spiro atoms. The summed E-state index contributed by atoms with van der Waals surface area (Å²) < 4.78 is 0. The highest BCUT2D eigenvalue weighted by Crippen LogP contribution is 2.20. The van der Waals surface area contributed by atoms with E-state index >= 15 is 0 Å². The van der Waals surface area contributed by atoms with Crippen LogP contribution in [0.15, 0.2) is 24.3 Å². The molecule has 0 aliphatic rings. The van der Waals surface area contributed by atoms with Crippen molar-refractivity contribution in [3.05, 3.63) is 29.3 Å². The molecule has 0 saturated carbocycles. The second-order valence-electron chi connectivity index (χ2n) is 3.30. The van der Waals surface area contributed by atoms with Crippen LogP contribution in [-0.2, 0) is 9.59 Å². The zero-order valence-corrected chi connectivity index (χ0v) is 9.34. The van der Waals surface area contributed by atoms with Gasteiger partial charge in [-0.3, -0.25) is 9.59 Å². The Balaban J connectivity index is 2.75. The number of Topliss-reactive ketones (excluding diaryl/α,β-unsaturated/α-hetero) is 1. The Bertz CT molecular complexity index is 390. The molecule has 0 saturated heterocycles. The Morgan fingerprint density at radius 2 is 1.93 bits per heavy atom. The first-order valence-electron chi connectivity index (χ1n) is 4.58. The van der Waals surface area contributed by atoms with E-state index in [2.05, 4.69) is 5.32 Å². The van der Waals surface area contributed by atoms with Gasteiger partial charge in [0.15, 0.2) is 0 Å². The smallest absolute Gasteiger partial charge is 0.234 e. The number of carbonyl (C=O) groups excluding carboxylic acids is 2. The minimum absolute atomic E-state index is 0.167. The van der Waals surface area contributed by atoms with Gasteiger partial charge >= 0.3 is 0 Å². The molecule has 1 atom stereocenters. The fraction of sp³-hybridized carbons (Fsp3) is 0.273. The fourth-order valence-electron chi connectivity index (χ4n) is 0.988. The lowest BCUT2D eigenvalue weighted by Crippen LogP contribution is -2.25. The van der Waals surface area contributed by atoms with Crippen LogP contribution in [-0.4, -0.2) is 11.7 Å². The summed E-state index contributed by atoms with van der Waals surface area (Å²) in [6, 6.07) is 6.90. The highest BCUT2D eigenvalue weighted by Gasteiger charge is 2.17. The average Bonchev–Trinajstić information content (AvgIpc) is 2.20. The highest BCUT2D eigenvalue weighted by molar-refractivity contribution is 6.33. The molecule has 0 bridgehead atoms. The second-order valence-corrected chi connectivity index (χ2v) is 3.71. The highest BCUT2D eigenvalue weighted by atomic mass is 35.5. The maximum atomic E-state index is 11.5. The lowest BCUT2D eigenvalue weighted by Gasteiger charge is -2.10. The van der Waals surface area contributed by atoms with Crippen molar-refractivity contribution in [1.29, 1.82) is 0 Å². The number of nitrogens with one attached hydrogen (secondary N) is 1. The van der Waals surface area contributed by atoms with Crippen molar-refractivity contribution >= 4 is 29.0 Å². The van der Waals surface area contributed by atoms with Crippen LogP contribution in [0.5, 0.6) is 0 Å². The van der Waals surface area contributed by atoms with E-state index in [-0.39, 0.29) is 11.7 Å². The van der Waals surface area contributed by atoms with Crippen LogP contribution in [0.25, 0.3) is 0 Å². The van der Waals surface area contributed by atoms with E-state index in [0.29, 0.717) is 10.7 Å². The van der Waals surface area contributed by atoms with E-state index in [9.17, 15) is 9.59 Å². The van der Waals surface area contributed by atoms with Crippen molar-refractivity contribution in [3.8, 4) is 0 Å². The van der Waals surface area contributed by atoms with E-state index in [1.165, 1.54) is 6.92 Å². The van der Waals surface area contributed by atoms with Gasteiger partial charge in [0.05, 0.1) is 16.6 Å². The largest absolute Gasteiger partial charge is 0.324 e. The molecule has 0 radical (unpaired) electrons. The maximum Gasteiger partial charge on any atom is 0.234 e. The molecule has 1 aromatic rings. The molecule has 4 heteroatoms. The molecule has 1 amide bonds. The van der Waals surface area contributed by atoms with Gasteiger partial charge in [-0.2, -0.15) is 0 Å². The van der Waals surface area contributed by atoms with Crippen molar-refractivity contribution < 1.29 is 9.59 Å². The van der Waals surface area contributed by atoms with Gasteiger partial charge < -0.3 is 5.32 Å². The molecule has 1 unspecified atom stereocenters. The van der Waals surface area contributed by atoms with Crippen molar-refractivity contribution in [2.75, 3.05) is 5.32 Å². The quantitative estimate of drug-likeness (QED) is 0.804. The molecule has 0 aliphatic heterocycles. The third kappa shape index (κ3) is 3.06. The summed E-state index contributed by atoms with van der Waals surface area (Å²) in [5, 5.41) is 3.06.